The van der Waals surface area contributed by atoms with Gasteiger partial charge in [0.25, 0.3) is 0 Å². The third-order valence-electron chi connectivity index (χ3n) is 4.24. The van der Waals surface area contributed by atoms with Gasteiger partial charge in [-0.05, 0) is 36.1 Å². The summed E-state index contributed by atoms with van der Waals surface area (Å²) in [7, 11) is 0. The summed E-state index contributed by atoms with van der Waals surface area (Å²) in [6.07, 6.45) is 10.5. The number of nitrogens with zero attached hydrogens (tertiary/aromatic N) is 1. The fourth-order valence-electron chi connectivity index (χ4n) is 3.19. The van der Waals surface area contributed by atoms with Crippen LogP contribution in [0.15, 0.2) is 71.2 Å². The minimum absolute atomic E-state index is 0.597. The van der Waals surface area contributed by atoms with Gasteiger partial charge < -0.3 is 9.32 Å². The van der Waals surface area contributed by atoms with Crippen LogP contribution in [0.2, 0.25) is 0 Å². The van der Waals surface area contributed by atoms with Crippen LogP contribution in [-0.4, -0.2) is 10.9 Å². The van der Waals surface area contributed by atoms with Crippen LogP contribution in [0.4, 0.5) is 0 Å². The first-order chi connectivity index (χ1) is 9.90. The topological polar surface area (TPSA) is 16.4 Å². The Morgan fingerprint density at radius 2 is 2.05 bits per heavy atom. The third-order valence-corrected chi connectivity index (χ3v) is 4.24. The highest BCUT2D eigenvalue weighted by Gasteiger charge is 2.30. The van der Waals surface area contributed by atoms with Crippen LogP contribution in [0.3, 0.4) is 0 Å². The molecular formula is C18H17NO. The van der Waals surface area contributed by atoms with E-state index >= 15 is 0 Å². The molecule has 100 valence electrons. The fourth-order valence-corrected chi connectivity index (χ4v) is 3.19. The Kier molecular flexibility index (Phi) is 2.73. The molecule has 0 fully saturated rings. The lowest BCUT2D eigenvalue weighted by atomic mass is 9.96. The molecule has 2 nitrogen and oxygen atoms in total. The predicted octanol–water partition coefficient (Wildman–Crippen LogP) is 4.23. The molecule has 2 bridgehead atoms. The highest BCUT2D eigenvalue weighted by atomic mass is 16.3. The number of rotatable bonds is 3. The Hall–Kier alpha value is -2.22. The summed E-state index contributed by atoms with van der Waals surface area (Å²) in [5.41, 5.74) is 5.37. The second kappa shape index (κ2) is 4.71. The maximum absolute atomic E-state index is 5.21. The monoisotopic (exact) mass is 263 g/mol. The molecular weight excluding hydrogens is 246 g/mol. The van der Waals surface area contributed by atoms with Crippen molar-refractivity contribution in [2.24, 2.45) is 0 Å². The van der Waals surface area contributed by atoms with Crippen molar-refractivity contribution in [1.82, 2.24) is 4.90 Å². The first-order valence-corrected chi connectivity index (χ1v) is 7.14. The molecule has 0 amide bonds. The van der Waals surface area contributed by atoms with Crippen LogP contribution in [0.25, 0.3) is 5.57 Å². The molecule has 2 aliphatic heterocycles. The van der Waals surface area contributed by atoms with Gasteiger partial charge in [-0.2, -0.15) is 0 Å². The number of hydrogen-bond acceptors (Lipinski definition) is 2. The Bertz CT molecular complexity index is 652. The van der Waals surface area contributed by atoms with Crippen molar-refractivity contribution >= 4 is 5.57 Å². The minimum atomic E-state index is 0.597. The summed E-state index contributed by atoms with van der Waals surface area (Å²) in [5.74, 6) is 0. The fraction of sp³-hybridized carbons (Fsp3) is 0.222. The van der Waals surface area contributed by atoms with Crippen molar-refractivity contribution in [2.75, 3.05) is 0 Å². The van der Waals surface area contributed by atoms with Crippen LogP contribution in [0.5, 0.6) is 0 Å². The number of fused-ring (bicyclic) bond motifs is 2. The van der Waals surface area contributed by atoms with Gasteiger partial charge >= 0.3 is 0 Å². The molecule has 3 heterocycles. The van der Waals surface area contributed by atoms with Crippen molar-refractivity contribution in [1.29, 1.82) is 0 Å². The van der Waals surface area contributed by atoms with Crippen LogP contribution >= 0.6 is 0 Å². The quantitative estimate of drug-likeness (QED) is 0.824. The van der Waals surface area contributed by atoms with E-state index in [1.165, 1.54) is 22.4 Å². The van der Waals surface area contributed by atoms with Gasteiger partial charge in [0.2, 0.25) is 0 Å². The molecule has 2 aliphatic rings. The standard InChI is InChI=1S/C18H17NO/c1-2-4-14(5-3-1)12-19-17-6-7-18(19)11-16(10-17)15-8-9-20-13-15/h1-6,8-10,13,18H,7,11-12H2. The molecule has 4 rings (SSSR count). The van der Waals surface area contributed by atoms with Gasteiger partial charge in [-0.25, -0.2) is 0 Å². The summed E-state index contributed by atoms with van der Waals surface area (Å²) in [5, 5.41) is 0. The average molecular weight is 263 g/mol. The van der Waals surface area contributed by atoms with E-state index in [9.17, 15) is 0 Å². The molecule has 0 spiro atoms. The lowest BCUT2D eigenvalue weighted by Crippen LogP contribution is -2.31. The van der Waals surface area contributed by atoms with Gasteiger partial charge in [0.15, 0.2) is 0 Å². The summed E-state index contributed by atoms with van der Waals surface area (Å²) in [6, 6.07) is 13.4. The molecule has 0 saturated carbocycles. The lowest BCUT2D eigenvalue weighted by Gasteiger charge is -2.33. The van der Waals surface area contributed by atoms with E-state index < -0.39 is 0 Å². The zero-order valence-corrected chi connectivity index (χ0v) is 11.3. The molecule has 1 atom stereocenters. The maximum Gasteiger partial charge on any atom is 0.0977 e. The van der Waals surface area contributed by atoms with Crippen molar-refractivity contribution in [2.45, 2.75) is 25.4 Å². The molecule has 1 unspecified atom stereocenters. The molecule has 0 radical (unpaired) electrons. The zero-order chi connectivity index (χ0) is 13.4. The SMILES string of the molecule is C1=C(c2ccoc2)CC2CC=C1N2Cc1ccccc1. The highest BCUT2D eigenvalue weighted by Crippen LogP contribution is 2.38. The predicted molar refractivity (Wildman–Crippen MR) is 79.8 cm³/mol. The van der Waals surface area contributed by atoms with Crippen LogP contribution in [0.1, 0.15) is 24.0 Å². The van der Waals surface area contributed by atoms with Gasteiger partial charge in [-0.3, -0.25) is 0 Å². The van der Waals surface area contributed by atoms with E-state index in [-0.39, 0.29) is 0 Å². The first kappa shape index (κ1) is 11.6. The highest BCUT2D eigenvalue weighted by molar-refractivity contribution is 5.70. The lowest BCUT2D eigenvalue weighted by molar-refractivity contribution is 0.273. The first-order valence-electron chi connectivity index (χ1n) is 7.14. The Morgan fingerprint density at radius 3 is 2.80 bits per heavy atom. The average Bonchev–Trinajstić information content (AvgIpc) is 3.08. The molecule has 0 saturated heterocycles. The van der Waals surface area contributed by atoms with Gasteiger partial charge in [-0.15, -0.1) is 0 Å². The second-order valence-corrected chi connectivity index (χ2v) is 5.52. The van der Waals surface area contributed by atoms with Crippen molar-refractivity contribution in [3.8, 4) is 0 Å². The summed E-state index contributed by atoms with van der Waals surface area (Å²) in [4.78, 5) is 2.53. The van der Waals surface area contributed by atoms with E-state index in [1.54, 1.807) is 6.26 Å². The zero-order valence-electron chi connectivity index (χ0n) is 11.3. The van der Waals surface area contributed by atoms with E-state index in [0.29, 0.717) is 6.04 Å². The summed E-state index contributed by atoms with van der Waals surface area (Å²) < 4.78 is 5.21. The normalized spacial score (nSPS) is 20.8. The van der Waals surface area contributed by atoms with E-state index in [2.05, 4.69) is 53.5 Å². The number of furan rings is 1. The second-order valence-electron chi connectivity index (χ2n) is 5.52. The Morgan fingerprint density at radius 1 is 1.15 bits per heavy atom. The molecule has 1 aromatic heterocycles. The van der Waals surface area contributed by atoms with Crippen LogP contribution in [-0.2, 0) is 6.54 Å². The third kappa shape index (κ3) is 1.97. The van der Waals surface area contributed by atoms with Crippen molar-refractivity contribution in [3.05, 3.63) is 77.9 Å². The molecule has 0 aliphatic carbocycles. The smallest absolute Gasteiger partial charge is 0.0977 e. The van der Waals surface area contributed by atoms with Gasteiger partial charge in [0.1, 0.15) is 0 Å². The molecule has 2 aromatic rings. The maximum atomic E-state index is 5.21. The number of hydrogen-bond donors (Lipinski definition) is 0. The van der Waals surface area contributed by atoms with E-state index in [1.807, 2.05) is 6.26 Å². The summed E-state index contributed by atoms with van der Waals surface area (Å²) in [6.45, 7) is 1.01. The summed E-state index contributed by atoms with van der Waals surface area (Å²) >= 11 is 0. The van der Waals surface area contributed by atoms with E-state index in [4.69, 9.17) is 4.42 Å². The minimum Gasteiger partial charge on any atom is -0.472 e. The van der Waals surface area contributed by atoms with Gasteiger partial charge in [0.05, 0.1) is 12.5 Å². The molecule has 1 aromatic carbocycles. The number of benzene rings is 1. The van der Waals surface area contributed by atoms with Gasteiger partial charge in [-0.1, -0.05) is 36.4 Å². The largest absolute Gasteiger partial charge is 0.472 e. The van der Waals surface area contributed by atoms with Crippen LogP contribution in [0, 0.1) is 0 Å². The number of allylic oxidation sites excluding steroid dienone is 1. The molecule has 2 heteroatoms. The van der Waals surface area contributed by atoms with Crippen molar-refractivity contribution < 1.29 is 4.42 Å². The Labute approximate surface area is 119 Å². The van der Waals surface area contributed by atoms with Gasteiger partial charge in [0, 0.05) is 23.8 Å². The van der Waals surface area contributed by atoms with Crippen LogP contribution < -0.4 is 0 Å². The van der Waals surface area contributed by atoms with Crippen molar-refractivity contribution in [3.63, 3.8) is 0 Å². The Balaban J connectivity index is 1.59. The van der Waals surface area contributed by atoms with E-state index in [0.717, 1.165) is 19.4 Å². The molecule has 20 heavy (non-hydrogen) atoms. The molecule has 0 N–H and O–H groups in total.